The summed E-state index contributed by atoms with van der Waals surface area (Å²) >= 11 is 0. The van der Waals surface area contributed by atoms with Crippen LogP contribution in [0.5, 0.6) is 0 Å². The van der Waals surface area contributed by atoms with Crippen LogP contribution >= 0.6 is 0 Å². The Bertz CT molecular complexity index is 871. The van der Waals surface area contributed by atoms with Gasteiger partial charge in [0.1, 0.15) is 0 Å². The van der Waals surface area contributed by atoms with Gasteiger partial charge in [-0.05, 0) is 70.2 Å². The van der Waals surface area contributed by atoms with Gasteiger partial charge in [-0.25, -0.2) is 16.8 Å². The summed E-state index contributed by atoms with van der Waals surface area (Å²) < 4.78 is 55.6. The fourth-order valence-electron chi connectivity index (χ4n) is 4.61. The van der Waals surface area contributed by atoms with E-state index in [4.69, 9.17) is 0 Å². The van der Waals surface area contributed by atoms with Gasteiger partial charge < -0.3 is 0 Å². The maximum Gasteiger partial charge on any atom is 0.243 e. The van der Waals surface area contributed by atoms with Gasteiger partial charge in [-0.3, -0.25) is 0 Å². The van der Waals surface area contributed by atoms with E-state index in [0.29, 0.717) is 6.54 Å². The smallest absolute Gasteiger partial charge is 0.207 e. The molecule has 2 saturated heterocycles. The van der Waals surface area contributed by atoms with Gasteiger partial charge in [0.05, 0.1) is 9.79 Å². The van der Waals surface area contributed by atoms with E-state index in [1.54, 1.807) is 8.61 Å². The predicted octanol–water partition coefficient (Wildman–Crippen LogP) is 3.59. The van der Waals surface area contributed by atoms with Crippen molar-refractivity contribution in [3.8, 4) is 0 Å². The van der Waals surface area contributed by atoms with Gasteiger partial charge in [0.25, 0.3) is 0 Å². The van der Waals surface area contributed by atoms with Crippen LogP contribution in [0.25, 0.3) is 0 Å². The minimum Gasteiger partial charge on any atom is -0.207 e. The standard InChI is InChI=1S/C20H32N2O4S2/c1-4-18-10-5-6-15-21(18)27(23,24)19-11-13-20(14-12-19)28(25,26)22-16(2)8-7-9-17(22)3/h11-14,16-18H,4-10,15H2,1-3H3/t16-,17-,18-/m1/s1. The van der Waals surface area contributed by atoms with E-state index in [0.717, 1.165) is 44.9 Å². The van der Waals surface area contributed by atoms with E-state index in [1.165, 1.54) is 24.3 Å². The second-order valence-corrected chi connectivity index (χ2v) is 11.8. The molecule has 8 heteroatoms. The highest BCUT2D eigenvalue weighted by Gasteiger charge is 2.36. The summed E-state index contributed by atoms with van der Waals surface area (Å²) in [6.07, 6.45) is 6.32. The van der Waals surface area contributed by atoms with Gasteiger partial charge in [0.15, 0.2) is 0 Å². The Morgan fingerprint density at radius 1 is 0.821 bits per heavy atom. The van der Waals surface area contributed by atoms with E-state index >= 15 is 0 Å². The molecule has 2 fully saturated rings. The number of nitrogens with zero attached hydrogens (tertiary/aromatic N) is 2. The quantitative estimate of drug-likeness (QED) is 0.718. The Labute approximate surface area is 170 Å². The summed E-state index contributed by atoms with van der Waals surface area (Å²) in [7, 11) is -7.25. The molecule has 2 aliphatic rings. The monoisotopic (exact) mass is 428 g/mol. The molecular weight excluding hydrogens is 396 g/mol. The topological polar surface area (TPSA) is 74.8 Å². The minimum absolute atomic E-state index is 0.0252. The van der Waals surface area contributed by atoms with Crippen molar-refractivity contribution in [2.45, 2.75) is 93.6 Å². The van der Waals surface area contributed by atoms with Crippen molar-refractivity contribution in [2.24, 2.45) is 0 Å². The zero-order chi connectivity index (χ0) is 20.5. The molecule has 0 bridgehead atoms. The molecule has 2 heterocycles. The molecule has 0 saturated carbocycles. The van der Waals surface area contributed by atoms with Crippen molar-refractivity contribution in [3.05, 3.63) is 24.3 Å². The lowest BCUT2D eigenvalue weighted by Crippen LogP contribution is -2.47. The van der Waals surface area contributed by atoms with Crippen molar-refractivity contribution < 1.29 is 16.8 Å². The van der Waals surface area contributed by atoms with Crippen LogP contribution in [0.4, 0.5) is 0 Å². The Kier molecular flexibility index (Phi) is 6.54. The van der Waals surface area contributed by atoms with Gasteiger partial charge in [0, 0.05) is 24.7 Å². The van der Waals surface area contributed by atoms with Gasteiger partial charge in [0.2, 0.25) is 20.0 Å². The maximum absolute atomic E-state index is 13.1. The van der Waals surface area contributed by atoms with Crippen LogP contribution in [-0.4, -0.2) is 50.1 Å². The third-order valence-electron chi connectivity index (χ3n) is 6.16. The number of benzene rings is 1. The molecule has 6 nitrogen and oxygen atoms in total. The predicted molar refractivity (Wildman–Crippen MR) is 110 cm³/mol. The van der Waals surface area contributed by atoms with Crippen LogP contribution in [0.3, 0.4) is 0 Å². The van der Waals surface area contributed by atoms with Crippen LogP contribution in [0, 0.1) is 0 Å². The van der Waals surface area contributed by atoms with Crippen molar-refractivity contribution in [2.75, 3.05) is 6.54 Å². The van der Waals surface area contributed by atoms with Gasteiger partial charge >= 0.3 is 0 Å². The molecule has 0 spiro atoms. The van der Waals surface area contributed by atoms with E-state index in [2.05, 4.69) is 0 Å². The molecule has 0 unspecified atom stereocenters. The van der Waals surface area contributed by atoms with E-state index in [-0.39, 0.29) is 27.9 Å². The summed E-state index contributed by atoms with van der Waals surface area (Å²) in [5.41, 5.74) is 0. The number of piperidine rings is 2. The van der Waals surface area contributed by atoms with E-state index in [9.17, 15) is 16.8 Å². The third kappa shape index (κ3) is 4.01. The Hall–Kier alpha value is -0.960. The zero-order valence-corrected chi connectivity index (χ0v) is 18.7. The third-order valence-corrected chi connectivity index (χ3v) is 10.3. The molecule has 0 aliphatic carbocycles. The normalized spacial score (nSPS) is 28.3. The Morgan fingerprint density at radius 2 is 1.36 bits per heavy atom. The molecule has 1 aromatic rings. The highest BCUT2D eigenvalue weighted by molar-refractivity contribution is 7.89. The molecule has 28 heavy (non-hydrogen) atoms. The lowest BCUT2D eigenvalue weighted by atomic mass is 10.0. The number of hydrogen-bond acceptors (Lipinski definition) is 4. The first-order valence-corrected chi connectivity index (χ1v) is 13.2. The van der Waals surface area contributed by atoms with Crippen LogP contribution in [0.2, 0.25) is 0 Å². The van der Waals surface area contributed by atoms with Crippen molar-refractivity contribution in [1.82, 2.24) is 8.61 Å². The summed E-state index contributed by atoms with van der Waals surface area (Å²) in [5, 5.41) is 0. The summed E-state index contributed by atoms with van der Waals surface area (Å²) in [6.45, 7) is 6.42. The van der Waals surface area contributed by atoms with Gasteiger partial charge in [-0.1, -0.05) is 19.8 Å². The fraction of sp³-hybridized carbons (Fsp3) is 0.700. The molecule has 0 N–H and O–H groups in total. The van der Waals surface area contributed by atoms with Gasteiger partial charge in [-0.15, -0.1) is 0 Å². The minimum atomic E-state index is -3.64. The van der Waals surface area contributed by atoms with Crippen molar-refractivity contribution in [1.29, 1.82) is 0 Å². The van der Waals surface area contributed by atoms with E-state index in [1.807, 2.05) is 20.8 Å². The molecule has 1 aromatic carbocycles. The first-order valence-electron chi connectivity index (χ1n) is 10.3. The SMILES string of the molecule is CC[C@@H]1CCCCN1S(=O)(=O)c1ccc(S(=O)(=O)N2[C@H](C)CCC[C@H]2C)cc1. The second kappa shape index (κ2) is 8.42. The molecule has 0 amide bonds. The van der Waals surface area contributed by atoms with Crippen LogP contribution in [0.1, 0.15) is 65.7 Å². The lowest BCUT2D eigenvalue weighted by molar-refractivity contribution is 0.204. The Morgan fingerprint density at radius 3 is 1.89 bits per heavy atom. The lowest BCUT2D eigenvalue weighted by Gasteiger charge is -2.37. The molecule has 3 atom stereocenters. The largest absolute Gasteiger partial charge is 0.243 e. The summed E-state index contributed by atoms with van der Waals surface area (Å²) in [4.78, 5) is 0.337. The summed E-state index contributed by atoms with van der Waals surface area (Å²) in [6, 6.07) is 5.72. The van der Waals surface area contributed by atoms with Crippen LogP contribution in [-0.2, 0) is 20.0 Å². The molecule has 0 aromatic heterocycles. The fourth-order valence-corrected chi connectivity index (χ4v) is 8.26. The maximum atomic E-state index is 13.1. The summed E-state index contributed by atoms with van der Waals surface area (Å²) in [5.74, 6) is 0. The highest BCUT2D eigenvalue weighted by Crippen LogP contribution is 2.31. The first kappa shape index (κ1) is 21.7. The number of rotatable bonds is 5. The van der Waals surface area contributed by atoms with Crippen molar-refractivity contribution in [3.63, 3.8) is 0 Å². The average molecular weight is 429 g/mol. The molecule has 0 radical (unpaired) electrons. The van der Waals surface area contributed by atoms with E-state index < -0.39 is 20.0 Å². The van der Waals surface area contributed by atoms with Crippen LogP contribution < -0.4 is 0 Å². The molecule has 2 aliphatic heterocycles. The van der Waals surface area contributed by atoms with Crippen molar-refractivity contribution >= 4 is 20.0 Å². The average Bonchev–Trinajstić information content (AvgIpc) is 2.67. The second-order valence-electron chi connectivity index (χ2n) is 8.11. The molecular formula is C20H32N2O4S2. The molecule has 158 valence electrons. The number of hydrogen-bond donors (Lipinski definition) is 0. The Balaban J connectivity index is 1.88. The first-order chi connectivity index (χ1) is 13.2. The van der Waals surface area contributed by atoms with Gasteiger partial charge in [-0.2, -0.15) is 8.61 Å². The van der Waals surface area contributed by atoms with Crippen LogP contribution in [0.15, 0.2) is 34.1 Å². The highest BCUT2D eigenvalue weighted by atomic mass is 32.2. The number of sulfonamides is 2. The molecule has 3 rings (SSSR count). The zero-order valence-electron chi connectivity index (χ0n) is 17.0.